The van der Waals surface area contributed by atoms with Crippen molar-refractivity contribution in [2.45, 2.75) is 46.1 Å². The van der Waals surface area contributed by atoms with E-state index in [1.54, 1.807) is 31.2 Å². The van der Waals surface area contributed by atoms with Crippen LogP contribution < -0.4 is 14.5 Å². The number of nitrogens with one attached hydrogen (secondary N) is 1. The van der Waals surface area contributed by atoms with Gasteiger partial charge in [0.25, 0.3) is 5.91 Å². The highest BCUT2D eigenvalue weighted by Crippen LogP contribution is 2.27. The van der Waals surface area contributed by atoms with Gasteiger partial charge >= 0.3 is 0 Å². The molecule has 0 heterocycles. The van der Waals surface area contributed by atoms with Crippen molar-refractivity contribution in [2.24, 2.45) is 5.10 Å². The minimum atomic E-state index is -3.76. The van der Waals surface area contributed by atoms with E-state index in [-0.39, 0.29) is 5.41 Å². The van der Waals surface area contributed by atoms with Gasteiger partial charge in [0.15, 0.2) is 0 Å². The van der Waals surface area contributed by atoms with E-state index in [4.69, 9.17) is 4.74 Å². The van der Waals surface area contributed by atoms with Crippen molar-refractivity contribution < 1.29 is 17.9 Å². The van der Waals surface area contributed by atoms with E-state index in [2.05, 4.69) is 31.3 Å². The van der Waals surface area contributed by atoms with Gasteiger partial charge in [0.2, 0.25) is 10.0 Å². The minimum absolute atomic E-state index is 0.0359. The molecule has 0 aliphatic rings. The smallest absolute Gasteiger partial charge is 0.263 e. The van der Waals surface area contributed by atoms with Gasteiger partial charge in [0.1, 0.15) is 17.5 Å². The van der Waals surface area contributed by atoms with Crippen LogP contribution in [0.25, 0.3) is 0 Å². The van der Waals surface area contributed by atoms with Crippen LogP contribution in [-0.2, 0) is 20.2 Å². The van der Waals surface area contributed by atoms with Crippen molar-refractivity contribution in [3.05, 3.63) is 90.0 Å². The number of hydrogen-bond donors (Lipinski definition) is 1. The summed E-state index contributed by atoms with van der Waals surface area (Å²) in [6, 6.07) is 22.8. The molecule has 0 spiro atoms. The quantitative estimate of drug-likeness (QED) is 0.323. The van der Waals surface area contributed by atoms with E-state index in [0.29, 0.717) is 22.9 Å². The molecule has 36 heavy (non-hydrogen) atoms. The first-order valence-corrected chi connectivity index (χ1v) is 13.5. The fourth-order valence-electron chi connectivity index (χ4n) is 3.60. The molecule has 7 nitrogen and oxygen atoms in total. The number of benzene rings is 3. The maximum atomic E-state index is 12.9. The van der Waals surface area contributed by atoms with Crippen LogP contribution in [0.15, 0.2) is 84.0 Å². The number of sulfonamides is 1. The second-order valence-electron chi connectivity index (χ2n) is 9.64. The van der Waals surface area contributed by atoms with Gasteiger partial charge < -0.3 is 4.74 Å². The zero-order chi connectivity index (χ0) is 26.5. The summed E-state index contributed by atoms with van der Waals surface area (Å²) >= 11 is 0. The fraction of sp³-hybridized carbons (Fsp3) is 0.286. The summed E-state index contributed by atoms with van der Waals surface area (Å²) in [5.41, 5.74) is 5.57. The topological polar surface area (TPSA) is 88.1 Å². The number of amides is 1. The highest BCUT2D eigenvalue weighted by atomic mass is 32.2. The van der Waals surface area contributed by atoms with E-state index in [0.717, 1.165) is 16.1 Å². The van der Waals surface area contributed by atoms with Crippen molar-refractivity contribution in [1.82, 2.24) is 5.43 Å². The van der Waals surface area contributed by atoms with Gasteiger partial charge in [-0.15, -0.1) is 0 Å². The summed E-state index contributed by atoms with van der Waals surface area (Å²) in [6.45, 7) is 9.73. The highest BCUT2D eigenvalue weighted by molar-refractivity contribution is 7.92. The number of carbonyl (C=O) groups excluding carboxylic acids is 1. The number of para-hydroxylation sites is 1. The minimum Gasteiger partial charge on any atom is -0.457 e. The normalized spacial score (nSPS) is 13.1. The van der Waals surface area contributed by atoms with Crippen molar-refractivity contribution in [3.8, 4) is 11.5 Å². The van der Waals surface area contributed by atoms with Gasteiger partial charge in [-0.3, -0.25) is 9.10 Å². The Morgan fingerprint density at radius 2 is 1.47 bits per heavy atom. The van der Waals surface area contributed by atoms with E-state index < -0.39 is 22.0 Å². The molecular weight excluding hydrogens is 474 g/mol. The first-order valence-electron chi connectivity index (χ1n) is 11.6. The van der Waals surface area contributed by atoms with Crippen molar-refractivity contribution >= 4 is 27.3 Å². The van der Waals surface area contributed by atoms with Gasteiger partial charge in [-0.2, -0.15) is 5.10 Å². The molecule has 3 rings (SSSR count). The van der Waals surface area contributed by atoms with Crippen LogP contribution in [0.4, 0.5) is 5.69 Å². The Morgan fingerprint density at radius 1 is 0.917 bits per heavy atom. The number of anilines is 1. The van der Waals surface area contributed by atoms with Gasteiger partial charge in [-0.1, -0.05) is 63.2 Å². The summed E-state index contributed by atoms with van der Waals surface area (Å²) in [6.07, 6.45) is 1.07. The van der Waals surface area contributed by atoms with Gasteiger partial charge in [0, 0.05) is 0 Å². The van der Waals surface area contributed by atoms with Crippen LogP contribution in [0.2, 0.25) is 0 Å². The van der Waals surface area contributed by atoms with E-state index in [9.17, 15) is 13.2 Å². The predicted molar refractivity (Wildman–Crippen MR) is 145 cm³/mol. The number of ether oxygens (including phenoxy) is 1. The highest BCUT2D eigenvalue weighted by Gasteiger charge is 2.29. The summed E-state index contributed by atoms with van der Waals surface area (Å²) in [4.78, 5) is 12.9. The zero-order valence-electron chi connectivity index (χ0n) is 21.5. The fourth-order valence-corrected chi connectivity index (χ4v) is 4.78. The van der Waals surface area contributed by atoms with Gasteiger partial charge in [-0.25, -0.2) is 13.8 Å². The third-order valence-corrected chi connectivity index (χ3v) is 6.90. The summed E-state index contributed by atoms with van der Waals surface area (Å²) in [5, 5.41) is 4.20. The number of nitrogens with zero attached hydrogens (tertiary/aromatic N) is 2. The van der Waals surface area contributed by atoms with Crippen molar-refractivity contribution in [3.63, 3.8) is 0 Å². The largest absolute Gasteiger partial charge is 0.457 e. The Morgan fingerprint density at radius 3 is 2.00 bits per heavy atom. The van der Waals surface area contributed by atoms with Crippen LogP contribution in [0.1, 0.15) is 45.7 Å². The molecule has 8 heteroatoms. The molecule has 0 saturated heterocycles. The third-order valence-electron chi connectivity index (χ3n) is 5.66. The lowest BCUT2D eigenvalue weighted by molar-refractivity contribution is -0.121. The maximum absolute atomic E-state index is 12.9. The Labute approximate surface area is 213 Å². The van der Waals surface area contributed by atoms with E-state index >= 15 is 0 Å². The Hall–Kier alpha value is -3.65. The monoisotopic (exact) mass is 507 g/mol. The lowest BCUT2D eigenvalue weighted by Gasteiger charge is -2.27. The number of carbonyl (C=O) groups is 1. The molecule has 0 saturated carbocycles. The summed E-state index contributed by atoms with van der Waals surface area (Å²) in [7, 11) is -3.76. The number of hydrazone groups is 1. The Bertz CT molecular complexity index is 1310. The van der Waals surface area contributed by atoms with Crippen LogP contribution in [0.5, 0.6) is 11.5 Å². The molecule has 1 N–H and O–H groups in total. The van der Waals surface area contributed by atoms with Crippen molar-refractivity contribution in [2.75, 3.05) is 10.6 Å². The average molecular weight is 508 g/mol. The lowest BCUT2D eigenvalue weighted by atomic mass is 9.86. The third kappa shape index (κ3) is 6.95. The SMILES string of the molecule is C/C(=N/NC(=O)[C@H](C)N(c1ccc(Oc2ccccc2)cc1)S(C)(=O)=O)c1ccc(C(C)(C)C)cc1. The molecule has 190 valence electrons. The molecular formula is C28H33N3O4S. The molecule has 1 atom stereocenters. The average Bonchev–Trinajstić information content (AvgIpc) is 2.83. The predicted octanol–water partition coefficient (Wildman–Crippen LogP) is 5.47. The van der Waals surface area contributed by atoms with Crippen LogP contribution in [0.3, 0.4) is 0 Å². The van der Waals surface area contributed by atoms with E-state index in [1.165, 1.54) is 12.5 Å². The van der Waals surface area contributed by atoms with Crippen LogP contribution in [-0.4, -0.2) is 32.3 Å². The Kier molecular flexibility index (Phi) is 8.20. The second-order valence-corrected chi connectivity index (χ2v) is 11.5. The molecule has 0 aliphatic carbocycles. The second kappa shape index (κ2) is 11.0. The van der Waals surface area contributed by atoms with Crippen LogP contribution >= 0.6 is 0 Å². The van der Waals surface area contributed by atoms with Crippen LogP contribution in [0, 0.1) is 0 Å². The standard InChI is InChI=1S/C28H33N3O4S/c1-20(22-12-14-23(15-13-22)28(3,4)5)29-30-27(32)21(2)31(36(6,33)34)24-16-18-26(19-17-24)35-25-10-8-7-9-11-25/h7-19,21H,1-6H3,(H,30,32)/b29-20-/t21-/m0/s1. The maximum Gasteiger partial charge on any atom is 0.263 e. The number of hydrogen-bond acceptors (Lipinski definition) is 5. The Balaban J connectivity index is 1.74. The molecule has 1 amide bonds. The summed E-state index contributed by atoms with van der Waals surface area (Å²) < 4.78 is 32.1. The molecule has 0 bridgehead atoms. The molecule has 0 unspecified atom stereocenters. The van der Waals surface area contributed by atoms with Crippen molar-refractivity contribution in [1.29, 1.82) is 0 Å². The van der Waals surface area contributed by atoms with E-state index in [1.807, 2.05) is 54.6 Å². The van der Waals surface area contributed by atoms with Gasteiger partial charge in [-0.05, 0) is 66.8 Å². The first-order chi connectivity index (χ1) is 16.9. The molecule has 3 aromatic carbocycles. The number of rotatable bonds is 8. The molecule has 0 radical (unpaired) electrons. The molecule has 0 aliphatic heterocycles. The van der Waals surface area contributed by atoms with Gasteiger partial charge in [0.05, 0.1) is 17.7 Å². The summed E-state index contributed by atoms with van der Waals surface area (Å²) in [5.74, 6) is 0.670. The molecule has 3 aromatic rings. The lowest BCUT2D eigenvalue weighted by Crippen LogP contribution is -2.46. The molecule has 0 aromatic heterocycles. The first kappa shape index (κ1) is 26.9. The zero-order valence-corrected chi connectivity index (χ0v) is 22.3. The molecule has 0 fully saturated rings.